The molecule has 1 aromatic heterocycles. The predicted molar refractivity (Wildman–Crippen MR) is 67.6 cm³/mol. The van der Waals surface area contributed by atoms with Crippen molar-refractivity contribution < 1.29 is 0 Å². The van der Waals surface area contributed by atoms with Gasteiger partial charge in [-0.2, -0.15) is 0 Å². The molecule has 1 aliphatic heterocycles. The fraction of sp³-hybridized carbons (Fsp3) is 0.643. The Morgan fingerprint density at radius 1 is 1.44 bits per heavy atom. The van der Waals surface area contributed by atoms with Gasteiger partial charge in [-0.3, -0.25) is 4.98 Å². The van der Waals surface area contributed by atoms with Gasteiger partial charge in [0.15, 0.2) is 0 Å². The van der Waals surface area contributed by atoms with Crippen LogP contribution in [0.2, 0.25) is 0 Å². The minimum atomic E-state index is 0.580. The van der Waals surface area contributed by atoms with Crippen molar-refractivity contribution in [1.82, 2.24) is 10.3 Å². The summed E-state index contributed by atoms with van der Waals surface area (Å²) < 4.78 is 0. The summed E-state index contributed by atoms with van der Waals surface area (Å²) in [6.07, 6.45) is 7.88. The van der Waals surface area contributed by atoms with Gasteiger partial charge in [-0.1, -0.05) is 19.9 Å². The molecular weight excluding hydrogens is 196 g/mol. The van der Waals surface area contributed by atoms with Crippen LogP contribution in [0.4, 0.5) is 0 Å². The lowest BCUT2D eigenvalue weighted by molar-refractivity contribution is 0.376. The maximum absolute atomic E-state index is 4.35. The molecule has 1 saturated heterocycles. The molecule has 2 rings (SSSR count). The van der Waals surface area contributed by atoms with Crippen LogP contribution in [0.15, 0.2) is 18.5 Å². The van der Waals surface area contributed by atoms with Crippen molar-refractivity contribution in [1.29, 1.82) is 0 Å². The third-order valence-electron chi connectivity index (χ3n) is 3.41. The van der Waals surface area contributed by atoms with Gasteiger partial charge in [0.1, 0.15) is 0 Å². The molecule has 2 heterocycles. The molecule has 0 saturated carbocycles. The third-order valence-corrected chi connectivity index (χ3v) is 3.41. The van der Waals surface area contributed by atoms with E-state index in [1.165, 1.54) is 43.5 Å². The van der Waals surface area contributed by atoms with E-state index in [2.05, 4.69) is 30.2 Å². The van der Waals surface area contributed by atoms with Gasteiger partial charge in [-0.05, 0) is 55.3 Å². The summed E-state index contributed by atoms with van der Waals surface area (Å²) in [5.74, 6) is 1.38. The van der Waals surface area contributed by atoms with E-state index in [0.717, 1.165) is 5.92 Å². The molecule has 16 heavy (non-hydrogen) atoms. The number of hydrogen-bond donors (Lipinski definition) is 1. The van der Waals surface area contributed by atoms with Crippen molar-refractivity contribution in [2.75, 3.05) is 13.1 Å². The van der Waals surface area contributed by atoms with Crippen molar-refractivity contribution in [2.24, 2.45) is 5.92 Å². The summed E-state index contributed by atoms with van der Waals surface area (Å²) in [5, 5.41) is 3.47. The first-order valence-electron chi connectivity index (χ1n) is 6.40. The molecule has 0 aromatic carbocycles. The van der Waals surface area contributed by atoms with Gasteiger partial charge in [0.05, 0.1) is 0 Å². The summed E-state index contributed by atoms with van der Waals surface area (Å²) >= 11 is 0. The number of piperidine rings is 1. The summed E-state index contributed by atoms with van der Waals surface area (Å²) in [5.41, 5.74) is 2.76. The minimum Gasteiger partial charge on any atom is -0.316 e. The molecule has 0 spiro atoms. The average molecular weight is 218 g/mol. The van der Waals surface area contributed by atoms with Crippen LogP contribution < -0.4 is 5.32 Å². The standard InChI is InChI=1S/C14H22N2/c1-11(2)14-7-13(9-16-10-14)6-12-4-3-5-15-8-12/h7,9-12,15H,3-6,8H2,1-2H3. The van der Waals surface area contributed by atoms with Crippen LogP contribution in [0.1, 0.15) is 43.7 Å². The third kappa shape index (κ3) is 3.05. The molecule has 1 aromatic rings. The monoisotopic (exact) mass is 218 g/mol. The smallest absolute Gasteiger partial charge is 0.0302 e. The first-order valence-corrected chi connectivity index (χ1v) is 6.40. The highest BCUT2D eigenvalue weighted by Gasteiger charge is 2.13. The van der Waals surface area contributed by atoms with Crippen molar-refractivity contribution in [3.8, 4) is 0 Å². The van der Waals surface area contributed by atoms with Crippen LogP contribution >= 0.6 is 0 Å². The Hall–Kier alpha value is -0.890. The van der Waals surface area contributed by atoms with E-state index >= 15 is 0 Å². The fourth-order valence-corrected chi connectivity index (χ4v) is 2.37. The molecular formula is C14H22N2. The number of aromatic nitrogens is 1. The quantitative estimate of drug-likeness (QED) is 0.844. The highest BCUT2D eigenvalue weighted by molar-refractivity contribution is 5.21. The zero-order valence-electron chi connectivity index (χ0n) is 10.4. The molecule has 1 unspecified atom stereocenters. The first-order chi connectivity index (χ1) is 7.75. The summed E-state index contributed by atoms with van der Waals surface area (Å²) in [6, 6.07) is 2.33. The van der Waals surface area contributed by atoms with E-state index in [4.69, 9.17) is 0 Å². The second kappa shape index (κ2) is 5.44. The number of hydrogen-bond acceptors (Lipinski definition) is 2. The molecule has 1 atom stereocenters. The van der Waals surface area contributed by atoms with Crippen molar-refractivity contribution in [3.05, 3.63) is 29.6 Å². The second-order valence-corrected chi connectivity index (χ2v) is 5.20. The van der Waals surface area contributed by atoms with Crippen LogP contribution in [0, 0.1) is 5.92 Å². The molecule has 1 aliphatic rings. The van der Waals surface area contributed by atoms with Crippen LogP contribution in [0.5, 0.6) is 0 Å². The summed E-state index contributed by atoms with van der Waals surface area (Å²) in [6.45, 7) is 6.82. The largest absolute Gasteiger partial charge is 0.316 e. The Balaban J connectivity index is 2.00. The van der Waals surface area contributed by atoms with E-state index in [1.807, 2.05) is 12.4 Å². The average Bonchev–Trinajstić information content (AvgIpc) is 2.30. The topological polar surface area (TPSA) is 24.9 Å². The first kappa shape index (κ1) is 11.6. The van der Waals surface area contributed by atoms with Crippen LogP contribution in [-0.2, 0) is 6.42 Å². The molecule has 0 bridgehead atoms. The molecule has 1 fully saturated rings. The van der Waals surface area contributed by atoms with E-state index in [1.54, 1.807) is 0 Å². The minimum absolute atomic E-state index is 0.580. The van der Waals surface area contributed by atoms with Crippen LogP contribution in [-0.4, -0.2) is 18.1 Å². The van der Waals surface area contributed by atoms with Gasteiger partial charge in [0, 0.05) is 12.4 Å². The second-order valence-electron chi connectivity index (χ2n) is 5.20. The number of nitrogens with zero attached hydrogens (tertiary/aromatic N) is 1. The van der Waals surface area contributed by atoms with Gasteiger partial charge in [-0.15, -0.1) is 0 Å². The molecule has 0 radical (unpaired) electrons. The van der Waals surface area contributed by atoms with Gasteiger partial charge in [-0.25, -0.2) is 0 Å². The number of nitrogens with one attached hydrogen (secondary N) is 1. The maximum atomic E-state index is 4.35. The Morgan fingerprint density at radius 3 is 3.00 bits per heavy atom. The molecule has 0 amide bonds. The molecule has 2 nitrogen and oxygen atoms in total. The number of pyridine rings is 1. The van der Waals surface area contributed by atoms with Crippen molar-refractivity contribution >= 4 is 0 Å². The normalized spacial score (nSPS) is 21.3. The lowest BCUT2D eigenvalue weighted by atomic mass is 9.92. The van der Waals surface area contributed by atoms with E-state index in [9.17, 15) is 0 Å². The SMILES string of the molecule is CC(C)c1cncc(CC2CCCNC2)c1. The molecule has 1 N–H and O–H groups in total. The van der Waals surface area contributed by atoms with Gasteiger partial charge in [0.25, 0.3) is 0 Å². The Kier molecular flexibility index (Phi) is 3.94. The van der Waals surface area contributed by atoms with Crippen LogP contribution in [0.25, 0.3) is 0 Å². The van der Waals surface area contributed by atoms with Gasteiger partial charge in [0.2, 0.25) is 0 Å². The van der Waals surface area contributed by atoms with E-state index in [0.29, 0.717) is 5.92 Å². The summed E-state index contributed by atoms with van der Waals surface area (Å²) in [7, 11) is 0. The zero-order valence-corrected chi connectivity index (χ0v) is 10.4. The molecule has 2 heteroatoms. The highest BCUT2D eigenvalue weighted by Crippen LogP contribution is 2.19. The Labute approximate surface area is 98.5 Å². The maximum Gasteiger partial charge on any atom is 0.0302 e. The van der Waals surface area contributed by atoms with Crippen LogP contribution in [0.3, 0.4) is 0 Å². The fourth-order valence-electron chi connectivity index (χ4n) is 2.37. The lowest BCUT2D eigenvalue weighted by Gasteiger charge is -2.22. The molecule has 88 valence electrons. The Bertz CT molecular complexity index is 327. The predicted octanol–water partition coefficient (Wildman–Crippen LogP) is 2.75. The zero-order chi connectivity index (χ0) is 11.4. The molecule has 0 aliphatic carbocycles. The van der Waals surface area contributed by atoms with Crippen molar-refractivity contribution in [2.45, 2.75) is 39.0 Å². The number of rotatable bonds is 3. The van der Waals surface area contributed by atoms with Gasteiger partial charge < -0.3 is 5.32 Å². The summed E-state index contributed by atoms with van der Waals surface area (Å²) in [4.78, 5) is 4.35. The van der Waals surface area contributed by atoms with Gasteiger partial charge >= 0.3 is 0 Å². The van der Waals surface area contributed by atoms with E-state index in [-0.39, 0.29) is 0 Å². The van der Waals surface area contributed by atoms with Crippen molar-refractivity contribution in [3.63, 3.8) is 0 Å². The highest BCUT2D eigenvalue weighted by atomic mass is 14.9. The lowest BCUT2D eigenvalue weighted by Crippen LogP contribution is -2.30. The Morgan fingerprint density at radius 2 is 2.31 bits per heavy atom. The van der Waals surface area contributed by atoms with E-state index < -0.39 is 0 Å².